The number of hydrogen-bond acceptors (Lipinski definition) is 4. The molecule has 0 aliphatic carbocycles. The molecule has 0 radical (unpaired) electrons. The second-order valence-electron chi connectivity index (χ2n) is 9.05. The maximum absolute atomic E-state index is 12.7. The lowest BCUT2D eigenvalue weighted by Gasteiger charge is -2.32. The molecule has 2 saturated heterocycles. The number of anilines is 1. The third-order valence-electron chi connectivity index (χ3n) is 6.90. The van der Waals surface area contributed by atoms with E-state index in [1.54, 1.807) is 0 Å². The van der Waals surface area contributed by atoms with Crippen LogP contribution in [0, 0.1) is 12.8 Å². The van der Waals surface area contributed by atoms with E-state index in [1.807, 2.05) is 6.07 Å². The summed E-state index contributed by atoms with van der Waals surface area (Å²) in [7, 11) is 0. The van der Waals surface area contributed by atoms with E-state index in [2.05, 4.69) is 64.2 Å². The van der Waals surface area contributed by atoms with Crippen LogP contribution in [0.4, 0.5) is 5.95 Å². The molecule has 0 saturated carbocycles. The van der Waals surface area contributed by atoms with Crippen molar-refractivity contribution >= 4 is 22.9 Å². The van der Waals surface area contributed by atoms with E-state index in [1.165, 1.54) is 11.1 Å². The van der Waals surface area contributed by atoms with Crippen LogP contribution < -0.4 is 10.2 Å². The van der Waals surface area contributed by atoms with Gasteiger partial charge in [0, 0.05) is 32.2 Å². The third kappa shape index (κ3) is 4.37. The maximum Gasteiger partial charge on any atom is 0.223 e. The molecule has 6 nitrogen and oxygen atoms in total. The van der Waals surface area contributed by atoms with Crippen LogP contribution in [0.15, 0.2) is 48.5 Å². The van der Waals surface area contributed by atoms with E-state index in [0.29, 0.717) is 6.54 Å². The van der Waals surface area contributed by atoms with Gasteiger partial charge >= 0.3 is 0 Å². The maximum atomic E-state index is 12.7. The summed E-state index contributed by atoms with van der Waals surface area (Å²) in [5.74, 6) is 1.25. The Morgan fingerprint density at radius 2 is 1.88 bits per heavy atom. The molecule has 1 aromatic heterocycles. The van der Waals surface area contributed by atoms with E-state index in [0.717, 1.165) is 68.9 Å². The highest BCUT2D eigenvalue weighted by Crippen LogP contribution is 2.28. The van der Waals surface area contributed by atoms with Crippen molar-refractivity contribution in [2.75, 3.05) is 31.1 Å². The Kier molecular flexibility index (Phi) is 6.12. The van der Waals surface area contributed by atoms with Crippen molar-refractivity contribution in [2.45, 2.75) is 45.3 Å². The summed E-state index contributed by atoms with van der Waals surface area (Å²) >= 11 is 0. The van der Waals surface area contributed by atoms with E-state index in [-0.39, 0.29) is 17.9 Å². The van der Waals surface area contributed by atoms with Gasteiger partial charge in [-0.2, -0.15) is 0 Å². The fourth-order valence-corrected chi connectivity index (χ4v) is 4.92. The van der Waals surface area contributed by atoms with Gasteiger partial charge in [-0.1, -0.05) is 36.4 Å². The van der Waals surface area contributed by atoms with Crippen LogP contribution in [0.1, 0.15) is 36.8 Å². The largest absolute Gasteiger partial charge is 0.376 e. The van der Waals surface area contributed by atoms with E-state index in [9.17, 15) is 4.79 Å². The Morgan fingerprint density at radius 3 is 2.66 bits per heavy atom. The molecule has 0 bridgehead atoms. The first-order valence-corrected chi connectivity index (χ1v) is 11.8. The molecule has 2 fully saturated rings. The first-order valence-electron chi connectivity index (χ1n) is 11.8. The number of aryl methyl sites for hydroxylation is 1. The predicted molar refractivity (Wildman–Crippen MR) is 127 cm³/mol. The number of amides is 1. The third-order valence-corrected chi connectivity index (χ3v) is 6.90. The highest BCUT2D eigenvalue weighted by atomic mass is 16.5. The number of imidazole rings is 1. The highest BCUT2D eigenvalue weighted by molar-refractivity contribution is 5.80. The molecule has 2 aliphatic heterocycles. The number of rotatable bonds is 6. The number of nitrogens with zero attached hydrogens (tertiary/aromatic N) is 3. The molecule has 1 atom stereocenters. The topological polar surface area (TPSA) is 59.4 Å². The fraction of sp³-hybridized carbons (Fsp3) is 0.462. The van der Waals surface area contributed by atoms with Crippen molar-refractivity contribution < 1.29 is 9.53 Å². The Bertz CT molecular complexity index is 1080. The predicted octanol–water partition coefficient (Wildman–Crippen LogP) is 3.90. The zero-order valence-electron chi connectivity index (χ0n) is 18.8. The average molecular weight is 433 g/mol. The van der Waals surface area contributed by atoms with E-state index >= 15 is 0 Å². The van der Waals surface area contributed by atoms with E-state index < -0.39 is 0 Å². The molecule has 32 heavy (non-hydrogen) atoms. The number of para-hydroxylation sites is 2. The Balaban J connectivity index is 1.30. The summed E-state index contributed by atoms with van der Waals surface area (Å²) in [5.41, 5.74) is 4.77. The first kappa shape index (κ1) is 21.0. The number of nitrogens with one attached hydrogen (secondary N) is 1. The lowest BCUT2D eigenvalue weighted by Crippen LogP contribution is -2.43. The molecule has 0 spiro atoms. The van der Waals surface area contributed by atoms with Crippen LogP contribution in [0.2, 0.25) is 0 Å². The highest BCUT2D eigenvalue weighted by Gasteiger charge is 2.28. The van der Waals surface area contributed by atoms with Crippen LogP contribution in [-0.4, -0.2) is 47.8 Å². The van der Waals surface area contributed by atoms with Gasteiger partial charge in [-0.15, -0.1) is 0 Å². The SMILES string of the molecule is Cc1ccccc1Cn1c(N2CCC(C(=O)NCC3CCCO3)CC2)nc2ccccc21. The van der Waals surface area contributed by atoms with Crippen molar-refractivity contribution in [3.63, 3.8) is 0 Å². The Hall–Kier alpha value is -2.86. The molecule has 3 heterocycles. The number of aromatic nitrogens is 2. The molecular formula is C26H32N4O2. The van der Waals surface area contributed by atoms with Gasteiger partial charge in [0.1, 0.15) is 0 Å². The van der Waals surface area contributed by atoms with Gasteiger partial charge in [-0.25, -0.2) is 4.98 Å². The number of piperidine rings is 1. The summed E-state index contributed by atoms with van der Waals surface area (Å²) in [4.78, 5) is 20.0. The second-order valence-corrected chi connectivity index (χ2v) is 9.05. The second kappa shape index (κ2) is 9.33. The summed E-state index contributed by atoms with van der Waals surface area (Å²) in [5, 5.41) is 3.12. The summed E-state index contributed by atoms with van der Waals surface area (Å²) in [6.45, 7) is 6.11. The lowest BCUT2D eigenvalue weighted by atomic mass is 9.96. The molecule has 2 aromatic carbocycles. The molecule has 1 amide bonds. The van der Waals surface area contributed by atoms with Crippen LogP contribution in [-0.2, 0) is 16.1 Å². The van der Waals surface area contributed by atoms with Gasteiger partial charge in [0.15, 0.2) is 0 Å². The molecule has 1 N–H and O–H groups in total. The summed E-state index contributed by atoms with van der Waals surface area (Å²) in [6.07, 6.45) is 4.05. The molecule has 3 aromatic rings. The smallest absolute Gasteiger partial charge is 0.223 e. The van der Waals surface area contributed by atoms with Crippen LogP contribution in [0.25, 0.3) is 11.0 Å². The van der Waals surface area contributed by atoms with Crippen LogP contribution >= 0.6 is 0 Å². The number of ether oxygens (including phenoxy) is 1. The fourth-order valence-electron chi connectivity index (χ4n) is 4.92. The Labute approximate surface area is 189 Å². The standard InChI is InChI=1S/C26H32N4O2/c1-19-7-2-3-8-21(19)18-30-24-11-5-4-10-23(24)28-26(30)29-14-12-20(13-15-29)25(31)27-17-22-9-6-16-32-22/h2-5,7-8,10-11,20,22H,6,9,12-18H2,1H3,(H,27,31). The number of fused-ring (bicyclic) bond motifs is 1. The minimum atomic E-state index is 0.0712. The number of carbonyl (C=O) groups is 1. The minimum Gasteiger partial charge on any atom is -0.376 e. The monoisotopic (exact) mass is 432 g/mol. The van der Waals surface area contributed by atoms with Gasteiger partial charge in [0.25, 0.3) is 0 Å². The van der Waals surface area contributed by atoms with Gasteiger partial charge < -0.3 is 19.5 Å². The zero-order chi connectivity index (χ0) is 21.9. The molecule has 5 rings (SSSR count). The quantitative estimate of drug-likeness (QED) is 0.642. The van der Waals surface area contributed by atoms with Crippen molar-refractivity contribution in [2.24, 2.45) is 5.92 Å². The van der Waals surface area contributed by atoms with Crippen molar-refractivity contribution in [1.29, 1.82) is 0 Å². The summed E-state index contributed by atoms with van der Waals surface area (Å²) < 4.78 is 7.96. The summed E-state index contributed by atoms with van der Waals surface area (Å²) in [6, 6.07) is 16.9. The Morgan fingerprint density at radius 1 is 1.09 bits per heavy atom. The van der Waals surface area contributed by atoms with Crippen LogP contribution in [0.5, 0.6) is 0 Å². The van der Waals surface area contributed by atoms with Gasteiger partial charge in [-0.3, -0.25) is 4.79 Å². The minimum absolute atomic E-state index is 0.0712. The number of hydrogen-bond donors (Lipinski definition) is 1. The molecule has 6 heteroatoms. The first-order chi connectivity index (χ1) is 15.7. The van der Waals surface area contributed by atoms with Crippen molar-refractivity contribution in [1.82, 2.24) is 14.9 Å². The van der Waals surface area contributed by atoms with E-state index in [4.69, 9.17) is 9.72 Å². The molecule has 1 unspecified atom stereocenters. The van der Waals surface area contributed by atoms with Gasteiger partial charge in [0.2, 0.25) is 11.9 Å². The molecule has 168 valence electrons. The molecule has 2 aliphatic rings. The van der Waals surface area contributed by atoms with Crippen molar-refractivity contribution in [3.8, 4) is 0 Å². The van der Waals surface area contributed by atoms with Gasteiger partial charge in [-0.05, 0) is 55.9 Å². The lowest BCUT2D eigenvalue weighted by molar-refractivity contribution is -0.126. The normalized spacial score (nSPS) is 19.5. The number of benzene rings is 2. The van der Waals surface area contributed by atoms with Gasteiger partial charge in [0.05, 0.1) is 23.7 Å². The van der Waals surface area contributed by atoms with Crippen molar-refractivity contribution in [3.05, 3.63) is 59.7 Å². The van der Waals surface area contributed by atoms with Crippen LogP contribution in [0.3, 0.4) is 0 Å². The zero-order valence-corrected chi connectivity index (χ0v) is 18.8. The molecular weight excluding hydrogens is 400 g/mol. The number of carbonyl (C=O) groups excluding carboxylic acids is 1. The average Bonchev–Trinajstić information content (AvgIpc) is 3.47.